The minimum atomic E-state index is -4.14. The average molecular weight is 495 g/mol. The number of likely N-dealkylation sites (N-methyl/N-ethyl adjacent to an activating group) is 1. The van der Waals surface area contributed by atoms with Gasteiger partial charge in [-0.25, -0.2) is 17.8 Å². The van der Waals surface area contributed by atoms with E-state index in [2.05, 4.69) is 33.7 Å². The van der Waals surface area contributed by atoms with Crippen LogP contribution in [0.15, 0.2) is 58.3 Å². The van der Waals surface area contributed by atoms with Crippen molar-refractivity contribution in [2.24, 2.45) is 0 Å². The van der Waals surface area contributed by atoms with Crippen molar-refractivity contribution >= 4 is 44.5 Å². The van der Waals surface area contributed by atoms with Gasteiger partial charge in [-0.15, -0.1) is 11.3 Å². The zero-order valence-electron chi connectivity index (χ0n) is 17.7. The van der Waals surface area contributed by atoms with E-state index in [1.165, 1.54) is 39.9 Å². The number of nitrogens with zero attached hydrogens (tertiary/aromatic N) is 3. The Morgan fingerprint density at radius 3 is 2.75 bits per heavy atom. The number of hydrogen-bond donors (Lipinski definition) is 1. The SMILES string of the molecule is CC1[C@H](N(C)c2cc(F)c(S(=O)(=O)Nc3cscn3)cc2Cl)CCN1Cc1ccccc1. The first-order chi connectivity index (χ1) is 15.3. The molecule has 2 aromatic carbocycles. The molecule has 1 N–H and O–H groups in total. The van der Waals surface area contributed by atoms with Gasteiger partial charge in [-0.3, -0.25) is 9.62 Å². The second-order valence-electron chi connectivity index (χ2n) is 7.88. The fourth-order valence-electron chi connectivity index (χ4n) is 4.17. The first-order valence-electron chi connectivity index (χ1n) is 10.2. The molecule has 0 bridgehead atoms. The van der Waals surface area contributed by atoms with Gasteiger partial charge in [0.05, 0.1) is 16.2 Å². The van der Waals surface area contributed by atoms with Gasteiger partial charge in [0.15, 0.2) is 5.82 Å². The van der Waals surface area contributed by atoms with Crippen LogP contribution >= 0.6 is 22.9 Å². The molecular formula is C22H24ClFN4O2S2. The highest BCUT2D eigenvalue weighted by atomic mass is 35.5. The molecule has 0 amide bonds. The van der Waals surface area contributed by atoms with E-state index in [0.717, 1.165) is 19.5 Å². The maximum absolute atomic E-state index is 14.9. The Hall–Kier alpha value is -2.20. The second-order valence-corrected chi connectivity index (χ2v) is 10.7. The van der Waals surface area contributed by atoms with Crippen molar-refractivity contribution in [1.82, 2.24) is 9.88 Å². The molecule has 1 fully saturated rings. The van der Waals surface area contributed by atoms with Gasteiger partial charge in [0.1, 0.15) is 10.7 Å². The first kappa shape index (κ1) is 23.0. The van der Waals surface area contributed by atoms with Gasteiger partial charge in [-0.1, -0.05) is 41.9 Å². The summed E-state index contributed by atoms with van der Waals surface area (Å²) in [7, 11) is -2.27. The first-order valence-corrected chi connectivity index (χ1v) is 13.0. The molecule has 3 aromatic rings. The molecule has 0 spiro atoms. The lowest BCUT2D eigenvalue weighted by Gasteiger charge is -2.33. The van der Waals surface area contributed by atoms with Crippen molar-refractivity contribution < 1.29 is 12.8 Å². The monoisotopic (exact) mass is 494 g/mol. The summed E-state index contributed by atoms with van der Waals surface area (Å²) in [6, 6.07) is 13.0. The molecule has 6 nitrogen and oxygen atoms in total. The number of benzene rings is 2. The summed E-state index contributed by atoms with van der Waals surface area (Å²) in [5, 5.41) is 1.71. The highest BCUT2D eigenvalue weighted by Crippen LogP contribution is 2.35. The van der Waals surface area contributed by atoms with Crippen LogP contribution in [0.5, 0.6) is 0 Å². The summed E-state index contributed by atoms with van der Waals surface area (Å²) in [4.78, 5) is 7.72. The molecule has 1 aliphatic rings. The van der Waals surface area contributed by atoms with Gasteiger partial charge in [-0.2, -0.15) is 0 Å². The largest absolute Gasteiger partial charge is 0.369 e. The van der Waals surface area contributed by atoms with Crippen LogP contribution in [0.3, 0.4) is 0 Å². The molecule has 2 atom stereocenters. The van der Waals surface area contributed by atoms with Crippen LogP contribution in [0.2, 0.25) is 5.02 Å². The minimum absolute atomic E-state index is 0.117. The maximum atomic E-state index is 14.9. The minimum Gasteiger partial charge on any atom is -0.369 e. The number of hydrogen-bond acceptors (Lipinski definition) is 6. The van der Waals surface area contributed by atoms with Crippen LogP contribution in [0, 0.1) is 5.82 Å². The lowest BCUT2D eigenvalue weighted by Crippen LogP contribution is -2.41. The van der Waals surface area contributed by atoms with Crippen molar-refractivity contribution in [2.45, 2.75) is 36.9 Å². The van der Waals surface area contributed by atoms with Crippen molar-refractivity contribution in [3.05, 3.63) is 69.8 Å². The van der Waals surface area contributed by atoms with Gasteiger partial charge in [-0.05, 0) is 25.0 Å². The van der Waals surface area contributed by atoms with Crippen molar-refractivity contribution in [2.75, 3.05) is 23.2 Å². The third kappa shape index (κ3) is 4.76. The van der Waals surface area contributed by atoms with Gasteiger partial charge in [0.2, 0.25) is 0 Å². The Kier molecular flexibility index (Phi) is 6.71. The van der Waals surface area contributed by atoms with Crippen LogP contribution in [-0.4, -0.2) is 44.0 Å². The topological polar surface area (TPSA) is 65.5 Å². The van der Waals surface area contributed by atoms with Crippen LogP contribution < -0.4 is 9.62 Å². The summed E-state index contributed by atoms with van der Waals surface area (Å²) >= 11 is 7.68. The fraction of sp³-hybridized carbons (Fsp3) is 0.318. The quantitative estimate of drug-likeness (QED) is 0.509. The molecule has 0 aliphatic carbocycles. The zero-order valence-corrected chi connectivity index (χ0v) is 20.1. The predicted octanol–water partition coefficient (Wildman–Crippen LogP) is 4.84. The number of nitrogens with one attached hydrogen (secondary N) is 1. The van der Waals surface area contributed by atoms with Gasteiger partial charge in [0, 0.05) is 43.7 Å². The molecule has 1 unspecified atom stereocenters. The van der Waals surface area contributed by atoms with Gasteiger partial charge >= 0.3 is 0 Å². The van der Waals surface area contributed by atoms with Crippen LogP contribution in [-0.2, 0) is 16.6 Å². The summed E-state index contributed by atoms with van der Waals surface area (Å²) in [6.45, 7) is 3.90. The molecule has 10 heteroatoms. The van der Waals surface area contributed by atoms with E-state index in [1.54, 1.807) is 0 Å². The zero-order chi connectivity index (χ0) is 22.9. The lowest BCUT2D eigenvalue weighted by atomic mass is 10.1. The summed E-state index contributed by atoms with van der Waals surface area (Å²) in [5.41, 5.74) is 3.20. The maximum Gasteiger partial charge on any atom is 0.266 e. The van der Waals surface area contributed by atoms with E-state index >= 15 is 0 Å². The van der Waals surface area contributed by atoms with Gasteiger partial charge < -0.3 is 4.90 Å². The van der Waals surface area contributed by atoms with Crippen LogP contribution in [0.25, 0.3) is 0 Å². The number of halogens is 2. The van der Waals surface area contributed by atoms with E-state index in [4.69, 9.17) is 11.6 Å². The van der Waals surface area contributed by atoms with Crippen molar-refractivity contribution in [1.29, 1.82) is 0 Å². The molecule has 1 aromatic heterocycles. The fourth-order valence-corrected chi connectivity index (χ4v) is 6.18. The molecule has 1 aliphatic heterocycles. The number of thiazole rings is 1. The molecule has 0 radical (unpaired) electrons. The average Bonchev–Trinajstić information content (AvgIpc) is 3.39. The molecule has 1 saturated heterocycles. The summed E-state index contributed by atoms with van der Waals surface area (Å²) < 4.78 is 42.4. The molecule has 32 heavy (non-hydrogen) atoms. The molecule has 0 saturated carbocycles. The Bertz CT molecular complexity index is 1180. The van der Waals surface area contributed by atoms with E-state index in [9.17, 15) is 12.8 Å². The smallest absolute Gasteiger partial charge is 0.266 e. The van der Waals surface area contributed by atoms with Gasteiger partial charge in [0.25, 0.3) is 10.0 Å². The molecule has 4 rings (SSSR count). The molecule has 170 valence electrons. The third-order valence-corrected chi connectivity index (χ3v) is 8.17. The Balaban J connectivity index is 1.53. The second kappa shape index (κ2) is 9.35. The Morgan fingerprint density at radius 1 is 1.31 bits per heavy atom. The number of rotatable bonds is 7. The Morgan fingerprint density at radius 2 is 2.06 bits per heavy atom. The number of aromatic nitrogens is 1. The standard InChI is InChI=1S/C22H24ClFN4O2S2/c1-15-19(8-9-28(15)12-16-6-4-3-5-7-16)27(2)20-11-18(24)21(10-17(20)23)32(29,30)26-22-13-31-14-25-22/h3-7,10-11,13-15,19,26H,8-9,12H2,1-2H3/t15?,19-/m1/s1. The molecular weight excluding hydrogens is 471 g/mol. The summed E-state index contributed by atoms with van der Waals surface area (Å²) in [5.74, 6) is -0.712. The lowest BCUT2D eigenvalue weighted by molar-refractivity contribution is 0.250. The van der Waals surface area contributed by atoms with E-state index < -0.39 is 20.7 Å². The number of anilines is 2. The van der Waals surface area contributed by atoms with E-state index in [1.807, 2.05) is 30.1 Å². The van der Waals surface area contributed by atoms with Crippen LogP contribution in [0.1, 0.15) is 18.9 Å². The normalized spacial score (nSPS) is 19.2. The van der Waals surface area contributed by atoms with Crippen molar-refractivity contribution in [3.63, 3.8) is 0 Å². The summed E-state index contributed by atoms with van der Waals surface area (Å²) in [6.07, 6.45) is 0.897. The predicted molar refractivity (Wildman–Crippen MR) is 127 cm³/mol. The highest BCUT2D eigenvalue weighted by molar-refractivity contribution is 7.92. The van der Waals surface area contributed by atoms with E-state index in [-0.39, 0.29) is 22.9 Å². The highest BCUT2D eigenvalue weighted by Gasteiger charge is 2.34. The Labute approximate surface area is 196 Å². The third-order valence-electron chi connectivity index (χ3n) is 5.91. The van der Waals surface area contributed by atoms with Crippen molar-refractivity contribution in [3.8, 4) is 0 Å². The number of likely N-dealkylation sites (tertiary alicyclic amines) is 1. The number of sulfonamides is 1. The molecule has 2 heterocycles. The van der Waals surface area contributed by atoms with E-state index in [0.29, 0.717) is 5.69 Å². The van der Waals surface area contributed by atoms with Crippen LogP contribution in [0.4, 0.5) is 15.9 Å².